The molecule has 0 atom stereocenters. The molecule has 0 N–H and O–H groups in total. The minimum atomic E-state index is -3.56. The number of aromatic nitrogens is 4. The summed E-state index contributed by atoms with van der Waals surface area (Å²) < 4.78 is 32.6. The molecule has 2 aromatic rings. The molecule has 144 valence electrons. The maximum absolute atomic E-state index is 12.6. The molecule has 2 rings (SSSR count). The van der Waals surface area contributed by atoms with Crippen LogP contribution in [-0.4, -0.2) is 49.3 Å². The van der Waals surface area contributed by atoms with Crippen LogP contribution in [0.1, 0.15) is 33.6 Å². The monoisotopic (exact) mass is 396 g/mol. The van der Waals surface area contributed by atoms with Crippen LogP contribution in [0, 0.1) is 0 Å². The third-order valence-electron chi connectivity index (χ3n) is 4.80. The van der Waals surface area contributed by atoms with Crippen LogP contribution in [-0.2, 0) is 14.3 Å². The van der Waals surface area contributed by atoms with Gasteiger partial charge in [-0.05, 0) is 53.5 Å². The second-order valence-electron chi connectivity index (χ2n) is 7.84. The molecule has 7 nitrogen and oxygen atoms in total. The Kier molecular flexibility index (Phi) is 6.36. The van der Waals surface area contributed by atoms with Gasteiger partial charge in [0.05, 0.1) is 11.4 Å². The molecular formula is C17H28N4O3SSi. The van der Waals surface area contributed by atoms with Gasteiger partial charge in [-0.3, -0.25) is 0 Å². The largest absolute Gasteiger partial charge is 0.417 e. The highest BCUT2D eigenvalue weighted by molar-refractivity contribution is 7.91. The summed E-state index contributed by atoms with van der Waals surface area (Å²) in [5.74, 6) is 0.00106. The Morgan fingerprint density at radius 2 is 1.77 bits per heavy atom. The smallest absolute Gasteiger partial charge is 0.272 e. The Bertz CT molecular complexity index is 814. The van der Waals surface area contributed by atoms with E-state index in [0.29, 0.717) is 25.1 Å². The molecule has 1 heterocycles. The Labute approximate surface area is 156 Å². The standard InChI is InChI=1S/C17H28N4O3SSi/c1-17(2,3)26(4,5)24-13-9-10-14-25(22,23)16-18-19-20-21(16)15-11-7-6-8-12-15/h6-8,11-12H,9-10,13-14H2,1-5H3. The second-order valence-corrected chi connectivity index (χ2v) is 14.7. The zero-order chi connectivity index (χ0) is 19.4. The van der Waals surface area contributed by atoms with Crippen molar-refractivity contribution in [1.82, 2.24) is 20.2 Å². The Hall–Kier alpha value is -1.58. The van der Waals surface area contributed by atoms with Crippen molar-refractivity contribution in [3.05, 3.63) is 30.3 Å². The van der Waals surface area contributed by atoms with E-state index < -0.39 is 18.2 Å². The number of sulfone groups is 1. The van der Waals surface area contributed by atoms with Gasteiger partial charge in [0, 0.05) is 6.61 Å². The summed E-state index contributed by atoms with van der Waals surface area (Å²) in [6, 6.07) is 9.01. The molecule has 0 aliphatic rings. The third kappa shape index (κ3) is 4.98. The van der Waals surface area contributed by atoms with Crippen molar-refractivity contribution in [2.24, 2.45) is 0 Å². The van der Waals surface area contributed by atoms with Crippen molar-refractivity contribution in [2.75, 3.05) is 12.4 Å². The van der Waals surface area contributed by atoms with Crippen LogP contribution in [0.25, 0.3) is 5.69 Å². The molecule has 0 spiro atoms. The van der Waals surface area contributed by atoms with Gasteiger partial charge in [-0.25, -0.2) is 8.42 Å². The van der Waals surface area contributed by atoms with Crippen LogP contribution in [0.5, 0.6) is 0 Å². The SMILES string of the molecule is CC(C)(C)[Si](C)(C)OCCCCS(=O)(=O)c1nnnn1-c1ccccc1. The van der Waals surface area contributed by atoms with Crippen molar-refractivity contribution in [2.45, 2.75) is 56.9 Å². The van der Waals surface area contributed by atoms with Crippen molar-refractivity contribution in [1.29, 1.82) is 0 Å². The molecular weight excluding hydrogens is 368 g/mol. The number of rotatable bonds is 8. The lowest BCUT2D eigenvalue weighted by atomic mass is 10.2. The minimum absolute atomic E-state index is 0.00106. The van der Waals surface area contributed by atoms with E-state index in [2.05, 4.69) is 49.4 Å². The predicted molar refractivity (Wildman–Crippen MR) is 104 cm³/mol. The first-order valence-corrected chi connectivity index (χ1v) is 13.3. The average molecular weight is 397 g/mol. The number of hydrogen-bond acceptors (Lipinski definition) is 6. The number of benzene rings is 1. The first-order valence-electron chi connectivity index (χ1n) is 8.75. The molecule has 0 fully saturated rings. The van der Waals surface area contributed by atoms with Gasteiger partial charge in [-0.1, -0.05) is 44.1 Å². The average Bonchev–Trinajstić information content (AvgIpc) is 3.04. The molecule has 9 heteroatoms. The molecule has 0 unspecified atom stereocenters. The summed E-state index contributed by atoms with van der Waals surface area (Å²) in [5, 5.41) is 11.1. The normalized spacial score (nSPS) is 13.1. The summed E-state index contributed by atoms with van der Waals surface area (Å²) in [4.78, 5) is 0. The molecule has 26 heavy (non-hydrogen) atoms. The number of unbranched alkanes of at least 4 members (excludes halogenated alkanes) is 1. The van der Waals surface area contributed by atoms with E-state index >= 15 is 0 Å². The van der Waals surface area contributed by atoms with Crippen LogP contribution in [0.3, 0.4) is 0 Å². The van der Waals surface area contributed by atoms with E-state index in [1.165, 1.54) is 4.68 Å². The van der Waals surface area contributed by atoms with Crippen LogP contribution < -0.4 is 0 Å². The zero-order valence-corrected chi connectivity index (χ0v) is 18.0. The maximum Gasteiger partial charge on any atom is 0.272 e. The van der Waals surface area contributed by atoms with E-state index in [1.807, 2.05) is 18.2 Å². The minimum Gasteiger partial charge on any atom is -0.417 e. The van der Waals surface area contributed by atoms with Gasteiger partial charge in [0.2, 0.25) is 9.84 Å². The highest BCUT2D eigenvalue weighted by atomic mass is 32.2. The predicted octanol–water partition coefficient (Wildman–Crippen LogP) is 3.24. The van der Waals surface area contributed by atoms with Crippen molar-refractivity contribution < 1.29 is 12.8 Å². The second kappa shape index (κ2) is 7.97. The van der Waals surface area contributed by atoms with Gasteiger partial charge in [-0.15, -0.1) is 0 Å². The van der Waals surface area contributed by atoms with E-state index in [4.69, 9.17) is 4.43 Å². The van der Waals surface area contributed by atoms with E-state index in [9.17, 15) is 8.42 Å². The number of nitrogens with zero attached hydrogens (tertiary/aromatic N) is 4. The number of para-hydroxylation sites is 1. The van der Waals surface area contributed by atoms with Crippen LogP contribution >= 0.6 is 0 Å². The molecule has 0 aliphatic carbocycles. The summed E-state index contributed by atoms with van der Waals surface area (Å²) in [5.41, 5.74) is 0.623. The highest BCUT2D eigenvalue weighted by Gasteiger charge is 2.36. The lowest BCUT2D eigenvalue weighted by Gasteiger charge is -2.36. The molecule has 1 aromatic carbocycles. The van der Waals surface area contributed by atoms with Gasteiger partial charge in [0.25, 0.3) is 5.16 Å². The van der Waals surface area contributed by atoms with Crippen LogP contribution in [0.2, 0.25) is 18.1 Å². The summed E-state index contributed by atoms with van der Waals surface area (Å²) in [6.45, 7) is 11.5. The maximum atomic E-state index is 12.6. The molecule has 0 amide bonds. The van der Waals surface area contributed by atoms with E-state index in [-0.39, 0.29) is 15.9 Å². The van der Waals surface area contributed by atoms with Gasteiger partial charge >= 0.3 is 0 Å². The van der Waals surface area contributed by atoms with Crippen molar-refractivity contribution in [3.63, 3.8) is 0 Å². The van der Waals surface area contributed by atoms with Gasteiger partial charge < -0.3 is 4.43 Å². The Morgan fingerprint density at radius 3 is 2.38 bits per heavy atom. The molecule has 0 bridgehead atoms. The third-order valence-corrected chi connectivity index (χ3v) is 11.0. The zero-order valence-electron chi connectivity index (χ0n) is 16.1. The van der Waals surface area contributed by atoms with E-state index in [1.54, 1.807) is 12.1 Å². The number of hydrogen-bond donors (Lipinski definition) is 0. The molecule has 1 aromatic heterocycles. The topological polar surface area (TPSA) is 87.0 Å². The summed E-state index contributed by atoms with van der Waals surface area (Å²) >= 11 is 0. The van der Waals surface area contributed by atoms with Gasteiger partial charge in [0.15, 0.2) is 8.32 Å². The molecule has 0 radical (unpaired) electrons. The number of tetrazole rings is 1. The first-order chi connectivity index (χ1) is 12.0. The summed E-state index contributed by atoms with van der Waals surface area (Å²) in [7, 11) is -5.35. The van der Waals surface area contributed by atoms with Crippen molar-refractivity contribution in [3.8, 4) is 5.69 Å². The summed E-state index contributed by atoms with van der Waals surface area (Å²) in [6.07, 6.45) is 1.21. The Morgan fingerprint density at radius 1 is 1.12 bits per heavy atom. The molecule has 0 aliphatic heterocycles. The van der Waals surface area contributed by atoms with Crippen LogP contribution in [0.15, 0.2) is 35.5 Å². The van der Waals surface area contributed by atoms with Gasteiger partial charge in [-0.2, -0.15) is 4.68 Å². The fourth-order valence-electron chi connectivity index (χ4n) is 2.13. The highest BCUT2D eigenvalue weighted by Crippen LogP contribution is 2.36. The lowest BCUT2D eigenvalue weighted by molar-refractivity contribution is 0.281. The first kappa shape index (κ1) is 20.7. The molecule has 0 saturated carbocycles. The fourth-order valence-corrected chi connectivity index (χ4v) is 4.55. The van der Waals surface area contributed by atoms with Gasteiger partial charge in [0.1, 0.15) is 0 Å². The lowest BCUT2D eigenvalue weighted by Crippen LogP contribution is -2.41. The van der Waals surface area contributed by atoms with Crippen molar-refractivity contribution >= 4 is 18.2 Å². The Balaban J connectivity index is 1.94. The quantitative estimate of drug-likeness (QED) is 0.503. The van der Waals surface area contributed by atoms with E-state index in [0.717, 1.165) is 0 Å². The van der Waals surface area contributed by atoms with Crippen LogP contribution in [0.4, 0.5) is 0 Å². The fraction of sp³-hybridized carbons (Fsp3) is 0.588. The molecule has 0 saturated heterocycles.